The molecule has 3 N–H and O–H groups in total. The van der Waals surface area contributed by atoms with Crippen molar-refractivity contribution in [2.75, 3.05) is 11.1 Å². The van der Waals surface area contributed by atoms with Crippen LogP contribution < -0.4 is 11.1 Å². The lowest BCUT2D eigenvalue weighted by atomic mass is 9.84. The summed E-state index contributed by atoms with van der Waals surface area (Å²) in [7, 11) is 0. The molecule has 0 aromatic heterocycles. The van der Waals surface area contributed by atoms with Gasteiger partial charge in [0.05, 0.1) is 0 Å². The maximum absolute atomic E-state index is 13.0. The largest absolute Gasteiger partial charge is 0.399 e. The van der Waals surface area contributed by atoms with Gasteiger partial charge in [0.2, 0.25) is 0 Å². The van der Waals surface area contributed by atoms with Crippen molar-refractivity contribution in [1.29, 1.82) is 0 Å². The Hall–Kier alpha value is -1.32. The first-order valence-corrected chi connectivity index (χ1v) is 7.04. The van der Waals surface area contributed by atoms with E-state index in [-0.39, 0.29) is 5.56 Å². The second-order valence-electron chi connectivity index (χ2n) is 5.42. The van der Waals surface area contributed by atoms with Gasteiger partial charge in [-0.15, -0.1) is 0 Å². The highest BCUT2D eigenvalue weighted by atomic mass is 19.3. The Balaban J connectivity index is 2.03. The van der Waals surface area contributed by atoms with Crippen LogP contribution in [0.25, 0.3) is 0 Å². The summed E-state index contributed by atoms with van der Waals surface area (Å²) in [5.41, 5.74) is 6.50. The topological polar surface area (TPSA) is 38.0 Å². The number of benzene rings is 1. The van der Waals surface area contributed by atoms with Crippen molar-refractivity contribution in [3.8, 4) is 0 Å². The molecule has 106 valence electrons. The fourth-order valence-corrected chi connectivity index (χ4v) is 2.83. The molecule has 0 heterocycles. The minimum Gasteiger partial charge on any atom is -0.399 e. The molecule has 19 heavy (non-hydrogen) atoms. The molecule has 2 rings (SSSR count). The Morgan fingerprint density at radius 2 is 1.95 bits per heavy atom. The lowest BCUT2D eigenvalue weighted by Crippen LogP contribution is -2.26. The summed E-state index contributed by atoms with van der Waals surface area (Å²) in [6.45, 7) is 2.22. The normalized spacial score (nSPS) is 23.6. The smallest absolute Gasteiger partial charge is 0.265 e. The summed E-state index contributed by atoms with van der Waals surface area (Å²) < 4.78 is 26.0. The van der Waals surface area contributed by atoms with E-state index in [1.54, 1.807) is 12.1 Å². The Labute approximate surface area is 113 Å². The summed E-state index contributed by atoms with van der Waals surface area (Å²) >= 11 is 0. The van der Waals surface area contributed by atoms with E-state index in [2.05, 4.69) is 12.2 Å². The molecule has 0 bridgehead atoms. The zero-order valence-corrected chi connectivity index (χ0v) is 11.3. The first-order valence-electron chi connectivity index (χ1n) is 7.04. The monoisotopic (exact) mass is 268 g/mol. The van der Waals surface area contributed by atoms with E-state index < -0.39 is 6.43 Å². The summed E-state index contributed by atoms with van der Waals surface area (Å²) in [6.07, 6.45) is 3.23. The number of nitrogens with two attached hydrogens (primary N) is 1. The Kier molecular flexibility index (Phi) is 4.61. The molecule has 0 saturated heterocycles. The fraction of sp³-hybridized carbons (Fsp3) is 0.600. The van der Waals surface area contributed by atoms with E-state index in [1.807, 2.05) is 0 Å². The average Bonchev–Trinajstić information content (AvgIpc) is 2.41. The fourth-order valence-electron chi connectivity index (χ4n) is 2.83. The number of hydrogen-bond donors (Lipinski definition) is 2. The molecule has 0 unspecified atom stereocenters. The van der Waals surface area contributed by atoms with Crippen LogP contribution in [0.15, 0.2) is 18.2 Å². The Morgan fingerprint density at radius 3 is 2.53 bits per heavy atom. The van der Waals surface area contributed by atoms with Gasteiger partial charge in [-0.2, -0.15) is 0 Å². The van der Waals surface area contributed by atoms with Crippen LogP contribution in [0.2, 0.25) is 0 Å². The minimum atomic E-state index is -2.49. The van der Waals surface area contributed by atoms with Gasteiger partial charge < -0.3 is 11.1 Å². The molecule has 2 nitrogen and oxygen atoms in total. The predicted octanol–water partition coefficient (Wildman–Crippen LogP) is 4.59. The molecular formula is C15H22F2N2. The van der Waals surface area contributed by atoms with Crippen LogP contribution in [-0.2, 0) is 0 Å². The van der Waals surface area contributed by atoms with E-state index in [9.17, 15) is 8.78 Å². The van der Waals surface area contributed by atoms with Crippen LogP contribution in [0.5, 0.6) is 0 Å². The van der Waals surface area contributed by atoms with Crippen molar-refractivity contribution in [3.63, 3.8) is 0 Å². The van der Waals surface area contributed by atoms with Crippen LogP contribution in [0, 0.1) is 5.92 Å². The van der Waals surface area contributed by atoms with Gasteiger partial charge in [-0.1, -0.05) is 13.3 Å². The molecule has 0 radical (unpaired) electrons. The molecule has 4 heteroatoms. The molecule has 1 aliphatic rings. The number of nitrogens with one attached hydrogen (secondary N) is 1. The maximum Gasteiger partial charge on any atom is 0.265 e. The predicted molar refractivity (Wildman–Crippen MR) is 75.5 cm³/mol. The zero-order valence-electron chi connectivity index (χ0n) is 11.3. The number of anilines is 2. The van der Waals surface area contributed by atoms with Crippen LogP contribution in [0.1, 0.15) is 51.0 Å². The Morgan fingerprint density at radius 1 is 1.26 bits per heavy atom. The second kappa shape index (κ2) is 6.22. The van der Waals surface area contributed by atoms with Gasteiger partial charge in [-0.05, 0) is 49.8 Å². The number of halogens is 2. The molecular weight excluding hydrogens is 246 g/mol. The van der Waals surface area contributed by atoms with Crippen LogP contribution in [0.3, 0.4) is 0 Å². The van der Waals surface area contributed by atoms with Crippen molar-refractivity contribution in [3.05, 3.63) is 23.8 Å². The number of rotatable bonds is 4. The van der Waals surface area contributed by atoms with Crippen molar-refractivity contribution < 1.29 is 8.78 Å². The van der Waals surface area contributed by atoms with Gasteiger partial charge in [0.1, 0.15) is 0 Å². The summed E-state index contributed by atoms with van der Waals surface area (Å²) in [5, 5.41) is 3.27. The second-order valence-corrected chi connectivity index (χ2v) is 5.42. The van der Waals surface area contributed by atoms with Gasteiger partial charge in [0, 0.05) is 23.0 Å². The van der Waals surface area contributed by atoms with Crippen LogP contribution >= 0.6 is 0 Å². The molecule has 1 aliphatic carbocycles. The van der Waals surface area contributed by atoms with Crippen molar-refractivity contribution in [2.45, 2.75) is 51.5 Å². The first kappa shape index (κ1) is 14.1. The number of nitrogen functional groups attached to an aromatic ring is 1. The molecule has 0 aliphatic heterocycles. The number of hydrogen-bond acceptors (Lipinski definition) is 2. The lowest BCUT2D eigenvalue weighted by Gasteiger charge is -2.29. The van der Waals surface area contributed by atoms with Gasteiger partial charge in [-0.25, -0.2) is 8.78 Å². The Bertz CT molecular complexity index is 413. The third-order valence-electron chi connectivity index (χ3n) is 4.09. The molecule has 1 fully saturated rings. The van der Waals surface area contributed by atoms with E-state index in [4.69, 9.17) is 5.73 Å². The maximum atomic E-state index is 13.0. The van der Waals surface area contributed by atoms with Crippen molar-refractivity contribution in [1.82, 2.24) is 0 Å². The molecule has 1 aromatic rings. The molecule has 0 spiro atoms. The lowest BCUT2D eigenvalue weighted by molar-refractivity contribution is 0.152. The van der Waals surface area contributed by atoms with E-state index in [0.29, 0.717) is 17.4 Å². The third-order valence-corrected chi connectivity index (χ3v) is 4.09. The highest BCUT2D eigenvalue weighted by Crippen LogP contribution is 2.33. The summed E-state index contributed by atoms with van der Waals surface area (Å²) in [6, 6.07) is 5.02. The highest BCUT2D eigenvalue weighted by Gasteiger charge is 2.21. The van der Waals surface area contributed by atoms with E-state index in [0.717, 1.165) is 18.8 Å². The number of alkyl halides is 2. The van der Waals surface area contributed by atoms with Gasteiger partial charge in [0.15, 0.2) is 0 Å². The third kappa shape index (κ3) is 3.58. The zero-order chi connectivity index (χ0) is 13.8. The summed E-state index contributed by atoms with van der Waals surface area (Å²) in [5.74, 6) is 0.805. The average molecular weight is 268 g/mol. The van der Waals surface area contributed by atoms with Crippen molar-refractivity contribution >= 4 is 11.4 Å². The molecule has 1 aromatic carbocycles. The van der Waals surface area contributed by atoms with Gasteiger partial charge >= 0.3 is 0 Å². The van der Waals surface area contributed by atoms with Gasteiger partial charge in [0.25, 0.3) is 6.43 Å². The van der Waals surface area contributed by atoms with Crippen LogP contribution in [-0.4, -0.2) is 6.04 Å². The first-order chi connectivity index (χ1) is 9.10. The standard InChI is InChI=1S/C15H22F2N2/c1-2-10-3-6-12(7-4-10)19-14-8-5-11(18)9-13(14)15(16)17/h5,8-10,12,15,19H,2-4,6-7,18H2,1H3. The van der Waals surface area contributed by atoms with Crippen molar-refractivity contribution in [2.24, 2.45) is 5.92 Å². The van der Waals surface area contributed by atoms with Crippen LogP contribution in [0.4, 0.5) is 20.2 Å². The molecule has 0 amide bonds. The van der Waals surface area contributed by atoms with Gasteiger partial charge in [-0.3, -0.25) is 0 Å². The molecule has 1 saturated carbocycles. The SMILES string of the molecule is CCC1CCC(Nc2ccc(N)cc2C(F)F)CC1. The van der Waals surface area contributed by atoms with E-state index in [1.165, 1.54) is 25.3 Å². The van der Waals surface area contributed by atoms with E-state index >= 15 is 0 Å². The quantitative estimate of drug-likeness (QED) is 0.784. The summed E-state index contributed by atoms with van der Waals surface area (Å²) in [4.78, 5) is 0. The molecule has 0 atom stereocenters. The highest BCUT2D eigenvalue weighted by molar-refractivity contribution is 5.59. The minimum absolute atomic E-state index is 0.0117.